The second-order valence-electron chi connectivity index (χ2n) is 6.42. The average molecular weight is 395 g/mol. The van der Waals surface area contributed by atoms with E-state index in [1.54, 1.807) is 0 Å². The molecule has 0 radical (unpaired) electrons. The predicted molar refractivity (Wildman–Crippen MR) is 97.9 cm³/mol. The summed E-state index contributed by atoms with van der Waals surface area (Å²) in [5, 5.41) is 2.68. The highest BCUT2D eigenvalue weighted by molar-refractivity contribution is 9.10. The molecule has 1 aromatic rings. The summed E-state index contributed by atoms with van der Waals surface area (Å²) in [6, 6.07) is 7.38. The fraction of sp³-hybridized carbons (Fsp3) is 0.471. The van der Waals surface area contributed by atoms with Crippen LogP contribution in [-0.4, -0.2) is 42.3 Å². The van der Waals surface area contributed by atoms with Gasteiger partial charge in [-0.2, -0.15) is 4.99 Å². The first-order valence-corrected chi connectivity index (χ1v) is 8.70. The van der Waals surface area contributed by atoms with E-state index in [9.17, 15) is 9.59 Å². The molecule has 1 unspecified atom stereocenters. The van der Waals surface area contributed by atoms with Crippen molar-refractivity contribution in [3.63, 3.8) is 0 Å². The van der Waals surface area contributed by atoms with Crippen LogP contribution < -0.4 is 11.1 Å². The monoisotopic (exact) mass is 394 g/mol. The molecule has 3 amide bonds. The van der Waals surface area contributed by atoms with E-state index >= 15 is 0 Å². The maximum Gasteiger partial charge on any atom is 0.345 e. The first kappa shape index (κ1) is 18.4. The van der Waals surface area contributed by atoms with Crippen LogP contribution in [0.1, 0.15) is 26.3 Å². The van der Waals surface area contributed by atoms with E-state index in [2.05, 4.69) is 26.2 Å². The van der Waals surface area contributed by atoms with Crippen molar-refractivity contribution in [2.75, 3.05) is 19.6 Å². The third-order valence-corrected chi connectivity index (χ3v) is 5.18. The van der Waals surface area contributed by atoms with Crippen LogP contribution in [0, 0.1) is 5.92 Å². The van der Waals surface area contributed by atoms with Gasteiger partial charge in [-0.1, -0.05) is 41.9 Å². The van der Waals surface area contributed by atoms with Gasteiger partial charge >= 0.3 is 6.03 Å². The number of carbonyl (C=O) groups is 2. The summed E-state index contributed by atoms with van der Waals surface area (Å²) in [6.45, 7) is 6.97. The summed E-state index contributed by atoms with van der Waals surface area (Å²) >= 11 is 3.42. The van der Waals surface area contributed by atoms with Gasteiger partial charge in [0.05, 0.1) is 5.41 Å². The van der Waals surface area contributed by atoms with Crippen molar-refractivity contribution in [1.29, 1.82) is 0 Å². The molecule has 1 aliphatic rings. The van der Waals surface area contributed by atoms with Crippen LogP contribution in [0.25, 0.3) is 0 Å². The van der Waals surface area contributed by atoms with Crippen molar-refractivity contribution in [1.82, 2.24) is 10.2 Å². The number of benzene rings is 1. The van der Waals surface area contributed by atoms with Crippen molar-refractivity contribution in [2.45, 2.75) is 26.2 Å². The number of hydrogen-bond donors (Lipinski definition) is 2. The quantitative estimate of drug-likeness (QED) is 0.608. The zero-order valence-corrected chi connectivity index (χ0v) is 15.8. The summed E-state index contributed by atoms with van der Waals surface area (Å²) in [4.78, 5) is 29.3. The fourth-order valence-electron chi connectivity index (χ4n) is 2.66. The van der Waals surface area contributed by atoms with Crippen LogP contribution in [0.3, 0.4) is 0 Å². The summed E-state index contributed by atoms with van der Waals surface area (Å²) in [5.74, 6) is 0.221. The molecule has 0 spiro atoms. The molecule has 0 aromatic heterocycles. The lowest BCUT2D eigenvalue weighted by molar-refractivity contribution is -0.123. The first-order valence-electron chi connectivity index (χ1n) is 7.91. The summed E-state index contributed by atoms with van der Waals surface area (Å²) < 4.78 is 0.975. The summed E-state index contributed by atoms with van der Waals surface area (Å²) in [6.07, 6.45) is 0. The highest BCUT2D eigenvalue weighted by Crippen LogP contribution is 2.33. The Balaban J connectivity index is 2.31. The molecule has 1 aromatic carbocycles. The molecule has 1 heterocycles. The molecule has 6 nitrogen and oxygen atoms in total. The zero-order chi connectivity index (χ0) is 17.9. The van der Waals surface area contributed by atoms with Crippen molar-refractivity contribution < 1.29 is 9.59 Å². The van der Waals surface area contributed by atoms with Crippen LogP contribution in [0.5, 0.6) is 0 Å². The lowest BCUT2D eigenvalue weighted by Crippen LogP contribution is -2.50. The number of halogens is 1. The molecule has 130 valence electrons. The SMILES string of the molecule is CC(C)C(C)(C(N)=NC(=O)N1CCNC(=O)C1)c1ccc(Br)cc1. The van der Waals surface area contributed by atoms with Gasteiger partial charge in [0.1, 0.15) is 12.4 Å². The molecule has 1 atom stereocenters. The van der Waals surface area contributed by atoms with E-state index in [-0.39, 0.29) is 24.2 Å². The topological polar surface area (TPSA) is 87.8 Å². The van der Waals surface area contributed by atoms with Gasteiger partial charge in [-0.25, -0.2) is 4.79 Å². The molecule has 24 heavy (non-hydrogen) atoms. The Morgan fingerprint density at radius 1 is 1.38 bits per heavy atom. The van der Waals surface area contributed by atoms with Crippen LogP contribution in [0.4, 0.5) is 4.79 Å². The lowest BCUT2D eigenvalue weighted by atomic mass is 9.72. The number of rotatable bonds is 3. The smallest absolute Gasteiger partial charge is 0.345 e. The normalized spacial score (nSPS) is 18.3. The van der Waals surface area contributed by atoms with Crippen molar-refractivity contribution in [3.8, 4) is 0 Å². The van der Waals surface area contributed by atoms with Gasteiger partial charge in [-0.3, -0.25) is 4.79 Å². The Labute approximate surface area is 150 Å². The second kappa shape index (κ2) is 7.34. The fourth-order valence-corrected chi connectivity index (χ4v) is 2.93. The van der Waals surface area contributed by atoms with Crippen LogP contribution in [0.2, 0.25) is 0 Å². The maximum atomic E-state index is 12.4. The van der Waals surface area contributed by atoms with Gasteiger partial charge in [0, 0.05) is 17.6 Å². The average Bonchev–Trinajstić information content (AvgIpc) is 2.54. The maximum absolute atomic E-state index is 12.4. The number of amidine groups is 1. The van der Waals surface area contributed by atoms with E-state index in [0.717, 1.165) is 10.0 Å². The molecule has 1 aliphatic heterocycles. The third kappa shape index (κ3) is 3.77. The van der Waals surface area contributed by atoms with Crippen LogP contribution in [-0.2, 0) is 10.2 Å². The Bertz CT molecular complexity index is 657. The van der Waals surface area contributed by atoms with E-state index in [1.165, 1.54) is 4.90 Å². The van der Waals surface area contributed by atoms with Crippen LogP contribution >= 0.6 is 15.9 Å². The van der Waals surface area contributed by atoms with Gasteiger partial charge in [0.15, 0.2) is 0 Å². The number of urea groups is 1. The second-order valence-corrected chi connectivity index (χ2v) is 7.33. The van der Waals surface area contributed by atoms with Crippen LogP contribution in [0.15, 0.2) is 33.7 Å². The van der Waals surface area contributed by atoms with Crippen molar-refractivity contribution in [3.05, 3.63) is 34.3 Å². The Morgan fingerprint density at radius 2 is 2.00 bits per heavy atom. The third-order valence-electron chi connectivity index (χ3n) is 4.66. The minimum atomic E-state index is -0.575. The molecular weight excluding hydrogens is 372 g/mol. The van der Waals surface area contributed by atoms with Gasteiger partial charge in [-0.05, 0) is 30.5 Å². The van der Waals surface area contributed by atoms with Gasteiger partial charge in [0.2, 0.25) is 5.91 Å². The Morgan fingerprint density at radius 3 is 2.54 bits per heavy atom. The predicted octanol–water partition coefficient (Wildman–Crippen LogP) is 2.27. The minimum Gasteiger partial charge on any atom is -0.386 e. The summed E-state index contributed by atoms with van der Waals surface area (Å²) in [5.41, 5.74) is 6.67. The number of nitrogens with one attached hydrogen (secondary N) is 1. The minimum absolute atomic E-state index is 0.0201. The molecule has 3 N–H and O–H groups in total. The number of piperazine rings is 1. The first-order chi connectivity index (χ1) is 11.2. The number of amides is 3. The van der Waals surface area contributed by atoms with E-state index in [0.29, 0.717) is 13.1 Å². The number of carbonyl (C=O) groups excluding carboxylic acids is 2. The molecule has 1 saturated heterocycles. The Hall–Kier alpha value is -1.89. The molecule has 7 heteroatoms. The number of aliphatic imine (C=N–C) groups is 1. The van der Waals surface area contributed by atoms with E-state index in [4.69, 9.17) is 5.73 Å². The molecule has 0 aliphatic carbocycles. The largest absolute Gasteiger partial charge is 0.386 e. The number of nitrogens with zero attached hydrogens (tertiary/aromatic N) is 2. The van der Waals surface area contributed by atoms with Crippen molar-refractivity contribution >= 4 is 33.7 Å². The van der Waals surface area contributed by atoms with E-state index in [1.807, 2.05) is 45.0 Å². The highest BCUT2D eigenvalue weighted by atomic mass is 79.9. The zero-order valence-electron chi connectivity index (χ0n) is 14.2. The molecule has 0 bridgehead atoms. The summed E-state index contributed by atoms with van der Waals surface area (Å²) in [7, 11) is 0. The standard InChI is InChI=1S/C17H23BrN4O2/c1-11(2)17(3,12-4-6-13(18)7-5-12)15(19)21-16(24)22-9-8-20-14(23)10-22/h4-7,11H,8-10H2,1-3H3,(H,20,23)(H2,19,21,24). The molecule has 0 saturated carbocycles. The highest BCUT2D eigenvalue weighted by Gasteiger charge is 2.36. The molecule has 2 rings (SSSR count). The Kier molecular flexibility index (Phi) is 5.64. The van der Waals surface area contributed by atoms with Crippen molar-refractivity contribution in [2.24, 2.45) is 16.6 Å². The molecular formula is C17H23BrN4O2. The molecule has 1 fully saturated rings. The lowest BCUT2D eigenvalue weighted by Gasteiger charge is -2.34. The number of nitrogens with two attached hydrogens (primary N) is 1. The van der Waals surface area contributed by atoms with Gasteiger partial charge in [0.25, 0.3) is 0 Å². The van der Waals surface area contributed by atoms with Gasteiger partial charge < -0.3 is 16.0 Å². The number of hydrogen-bond acceptors (Lipinski definition) is 2. The van der Waals surface area contributed by atoms with Gasteiger partial charge in [-0.15, -0.1) is 0 Å². The van der Waals surface area contributed by atoms with E-state index < -0.39 is 11.4 Å².